The van der Waals surface area contributed by atoms with Crippen LogP contribution in [0.25, 0.3) is 0 Å². The highest BCUT2D eigenvalue weighted by Gasteiger charge is 2.31. The number of urea groups is 1. The lowest BCUT2D eigenvalue weighted by atomic mass is 10.0. The Labute approximate surface area is 208 Å². The van der Waals surface area contributed by atoms with Gasteiger partial charge in [-0.2, -0.15) is 5.10 Å². The van der Waals surface area contributed by atoms with Crippen molar-refractivity contribution in [1.82, 2.24) is 10.3 Å². The van der Waals surface area contributed by atoms with E-state index in [-0.39, 0.29) is 35.7 Å². The lowest BCUT2D eigenvalue weighted by Gasteiger charge is -2.19. The third-order valence-corrected chi connectivity index (χ3v) is 4.73. The molecule has 0 atom stereocenters. The Morgan fingerprint density at radius 2 is 1.46 bits per heavy atom. The zero-order chi connectivity index (χ0) is 27.6. The van der Waals surface area contributed by atoms with E-state index >= 15 is 0 Å². The van der Waals surface area contributed by atoms with Gasteiger partial charge in [-0.25, -0.2) is 10.2 Å². The maximum atomic E-state index is 12.6. The van der Waals surface area contributed by atoms with Gasteiger partial charge in [0.2, 0.25) is 5.91 Å². The summed E-state index contributed by atoms with van der Waals surface area (Å²) in [5, 5.41) is 6.29. The smallest absolute Gasteiger partial charge is 0.406 e. The molecule has 2 aromatic carbocycles. The minimum Gasteiger partial charge on any atom is -0.406 e. The van der Waals surface area contributed by atoms with E-state index in [0.717, 1.165) is 36.4 Å². The van der Waals surface area contributed by atoms with E-state index in [2.05, 4.69) is 25.3 Å². The molecule has 0 heterocycles. The number of anilines is 1. The molecule has 0 unspecified atom stereocenters. The maximum absolute atomic E-state index is 12.6. The average Bonchev–Trinajstić information content (AvgIpc) is 2.79. The van der Waals surface area contributed by atoms with Gasteiger partial charge in [0, 0.05) is 37.2 Å². The molecule has 0 aliphatic carbocycles. The highest BCUT2D eigenvalue weighted by atomic mass is 19.4. The molecule has 0 bridgehead atoms. The van der Waals surface area contributed by atoms with E-state index in [9.17, 15) is 35.9 Å². The van der Waals surface area contributed by atoms with Crippen molar-refractivity contribution in [3.63, 3.8) is 0 Å². The van der Waals surface area contributed by atoms with E-state index < -0.39 is 30.3 Å². The maximum Gasteiger partial charge on any atom is 0.573 e. The first-order chi connectivity index (χ1) is 17.3. The Bertz CT molecular complexity index is 1080. The minimum absolute atomic E-state index is 0.0193. The molecule has 37 heavy (non-hydrogen) atoms. The number of nitrogens with zero attached hydrogens (tertiary/aromatic N) is 2. The largest absolute Gasteiger partial charge is 0.573 e. The van der Waals surface area contributed by atoms with E-state index in [4.69, 9.17) is 0 Å². The molecule has 2 rings (SSSR count). The van der Waals surface area contributed by atoms with Gasteiger partial charge in [-0.3, -0.25) is 4.79 Å². The van der Waals surface area contributed by atoms with E-state index in [1.807, 2.05) is 0 Å². The van der Waals surface area contributed by atoms with Gasteiger partial charge in [-0.05, 0) is 50.2 Å². The topological polar surface area (TPSA) is 92.3 Å². The molecule has 0 radical (unpaired) electrons. The Morgan fingerprint density at radius 3 is 2.03 bits per heavy atom. The van der Waals surface area contributed by atoms with Crippen LogP contribution in [0.2, 0.25) is 0 Å². The minimum atomic E-state index is -4.92. The summed E-state index contributed by atoms with van der Waals surface area (Å²) in [6.07, 6.45) is -9.84. The van der Waals surface area contributed by atoms with Crippen LogP contribution in [0.1, 0.15) is 32.3 Å². The Kier molecular flexibility index (Phi) is 10.1. The molecule has 0 saturated carbocycles. The first kappa shape index (κ1) is 29.3. The number of hydrogen-bond acceptors (Lipinski definition) is 5. The third-order valence-electron chi connectivity index (χ3n) is 4.73. The van der Waals surface area contributed by atoms with Crippen molar-refractivity contribution >= 4 is 23.3 Å². The van der Waals surface area contributed by atoms with Crippen LogP contribution in [-0.4, -0.2) is 48.4 Å². The second-order valence-corrected chi connectivity index (χ2v) is 7.34. The van der Waals surface area contributed by atoms with Crippen LogP contribution in [0.15, 0.2) is 53.6 Å². The summed E-state index contributed by atoms with van der Waals surface area (Å²) < 4.78 is 82.4. The fourth-order valence-electron chi connectivity index (χ4n) is 3.11. The molecule has 0 fully saturated rings. The first-order valence-corrected chi connectivity index (χ1v) is 10.9. The normalized spacial score (nSPS) is 12.1. The Hall–Kier alpha value is -3.97. The number of rotatable bonds is 10. The second kappa shape index (κ2) is 12.8. The van der Waals surface area contributed by atoms with Crippen LogP contribution in [0, 0.1) is 0 Å². The van der Waals surface area contributed by atoms with Crippen molar-refractivity contribution in [2.45, 2.75) is 39.4 Å². The van der Waals surface area contributed by atoms with Crippen LogP contribution < -0.4 is 20.2 Å². The van der Waals surface area contributed by atoms with Crippen LogP contribution in [0.4, 0.5) is 36.8 Å². The number of halogens is 6. The Morgan fingerprint density at radius 1 is 0.865 bits per heavy atom. The number of amides is 3. The zero-order valence-electron chi connectivity index (χ0n) is 19.7. The van der Waals surface area contributed by atoms with Crippen molar-refractivity contribution in [3.8, 4) is 11.5 Å². The molecule has 14 heteroatoms. The number of hydrogen-bond donors (Lipinski definition) is 2. The molecule has 0 aliphatic rings. The fourth-order valence-corrected chi connectivity index (χ4v) is 3.11. The molecular formula is C23H24F6N4O4. The summed E-state index contributed by atoms with van der Waals surface area (Å²) >= 11 is 0. The molecule has 2 aromatic rings. The summed E-state index contributed by atoms with van der Waals surface area (Å²) in [7, 11) is 0. The van der Waals surface area contributed by atoms with Gasteiger partial charge in [-0.1, -0.05) is 12.1 Å². The summed E-state index contributed by atoms with van der Waals surface area (Å²) in [6, 6.07) is 8.28. The third kappa shape index (κ3) is 10.7. The second-order valence-electron chi connectivity index (χ2n) is 7.34. The Balaban J connectivity index is 2.17. The van der Waals surface area contributed by atoms with Crippen LogP contribution >= 0.6 is 0 Å². The summed E-state index contributed by atoms with van der Waals surface area (Å²) in [5.74, 6) is -1.22. The van der Waals surface area contributed by atoms with Gasteiger partial charge in [0.15, 0.2) is 0 Å². The first-order valence-electron chi connectivity index (χ1n) is 10.9. The number of hydrazone groups is 1. The molecule has 0 saturated heterocycles. The molecule has 0 aromatic heterocycles. The van der Waals surface area contributed by atoms with Crippen molar-refractivity contribution in [3.05, 3.63) is 54.1 Å². The SMILES string of the molecule is CCN(CC)C(=O)CCC(=NNC(=O)Nc1ccc(OC(F)(F)F)cc1)c1cccc(OC(F)(F)F)c1. The van der Waals surface area contributed by atoms with E-state index in [0.29, 0.717) is 13.1 Å². The number of ether oxygens (including phenoxy) is 2. The fraction of sp³-hybridized carbons (Fsp3) is 0.348. The van der Waals surface area contributed by atoms with Gasteiger partial charge in [-0.15, -0.1) is 26.3 Å². The lowest BCUT2D eigenvalue weighted by Crippen LogP contribution is -2.31. The van der Waals surface area contributed by atoms with E-state index in [1.165, 1.54) is 12.1 Å². The van der Waals surface area contributed by atoms with Crippen molar-refractivity contribution in [2.75, 3.05) is 18.4 Å². The number of carbonyl (C=O) groups is 2. The number of benzene rings is 2. The zero-order valence-corrected chi connectivity index (χ0v) is 19.7. The predicted octanol–water partition coefficient (Wildman–Crippen LogP) is 5.66. The van der Waals surface area contributed by atoms with Crippen LogP contribution in [0.3, 0.4) is 0 Å². The molecule has 8 nitrogen and oxygen atoms in total. The molecule has 2 N–H and O–H groups in total. The van der Waals surface area contributed by atoms with Gasteiger partial charge >= 0.3 is 18.8 Å². The van der Waals surface area contributed by atoms with Gasteiger partial charge in [0.05, 0.1) is 5.71 Å². The highest BCUT2D eigenvalue weighted by Crippen LogP contribution is 2.25. The standard InChI is InChI=1S/C23H24F6N4O4/c1-3-33(4-2)20(34)13-12-19(15-6-5-7-18(14-15)37-23(27,28)29)31-32-21(35)30-16-8-10-17(11-9-16)36-22(24,25)26/h5-11,14H,3-4,12-13H2,1-2H3,(H2,30,32,35). The van der Waals surface area contributed by atoms with Crippen LogP contribution in [-0.2, 0) is 4.79 Å². The van der Waals surface area contributed by atoms with E-state index in [1.54, 1.807) is 18.7 Å². The number of alkyl halides is 6. The van der Waals surface area contributed by atoms with Gasteiger partial charge in [0.1, 0.15) is 11.5 Å². The lowest BCUT2D eigenvalue weighted by molar-refractivity contribution is -0.275. The molecule has 0 aliphatic heterocycles. The summed E-state index contributed by atoms with van der Waals surface area (Å²) in [6.45, 7) is 4.51. The molecule has 202 valence electrons. The average molecular weight is 534 g/mol. The summed E-state index contributed by atoms with van der Waals surface area (Å²) in [4.78, 5) is 26.2. The number of carbonyl (C=O) groups excluding carboxylic acids is 2. The molecule has 3 amide bonds. The summed E-state index contributed by atoms with van der Waals surface area (Å²) in [5.41, 5.74) is 2.55. The van der Waals surface area contributed by atoms with Gasteiger partial charge < -0.3 is 19.7 Å². The van der Waals surface area contributed by atoms with Crippen LogP contribution in [0.5, 0.6) is 11.5 Å². The van der Waals surface area contributed by atoms with Crippen molar-refractivity contribution < 1.29 is 45.4 Å². The van der Waals surface area contributed by atoms with Gasteiger partial charge in [0.25, 0.3) is 0 Å². The van der Waals surface area contributed by atoms with Crippen molar-refractivity contribution in [1.29, 1.82) is 0 Å². The van der Waals surface area contributed by atoms with Crippen molar-refractivity contribution in [2.24, 2.45) is 5.10 Å². The molecular weight excluding hydrogens is 510 g/mol. The molecule has 0 spiro atoms. The highest BCUT2D eigenvalue weighted by molar-refractivity contribution is 6.03. The predicted molar refractivity (Wildman–Crippen MR) is 122 cm³/mol. The quantitative estimate of drug-likeness (QED) is 0.234. The monoisotopic (exact) mass is 534 g/mol. The number of nitrogens with one attached hydrogen (secondary N) is 2.